The van der Waals surface area contributed by atoms with Crippen molar-refractivity contribution in [2.45, 2.75) is 76.2 Å². The maximum atomic E-state index is 14.9. The van der Waals surface area contributed by atoms with Crippen LogP contribution >= 0.6 is 0 Å². The molecule has 2 aliphatic rings. The van der Waals surface area contributed by atoms with Crippen molar-refractivity contribution in [2.75, 3.05) is 0 Å². The molecule has 1 fully saturated rings. The smallest absolute Gasteiger partial charge is 0.338 e. The lowest BCUT2D eigenvalue weighted by Crippen LogP contribution is -2.46. The van der Waals surface area contributed by atoms with Crippen molar-refractivity contribution in [1.82, 2.24) is 14.8 Å². The van der Waals surface area contributed by atoms with E-state index in [1.807, 2.05) is 6.07 Å². The van der Waals surface area contributed by atoms with Gasteiger partial charge in [0.05, 0.1) is 17.1 Å². The van der Waals surface area contributed by atoms with Crippen LogP contribution in [0.1, 0.15) is 69.3 Å². The highest BCUT2D eigenvalue weighted by Gasteiger charge is 2.48. The number of nitrogens with zero attached hydrogens (tertiary/aromatic N) is 4. The normalized spacial score (nSPS) is 19.9. The maximum absolute atomic E-state index is 14.9. The van der Waals surface area contributed by atoms with Gasteiger partial charge in [0.25, 0.3) is 0 Å². The Morgan fingerprint density at radius 2 is 1.95 bits per heavy atom. The van der Waals surface area contributed by atoms with Gasteiger partial charge in [0.1, 0.15) is 28.8 Å². The van der Waals surface area contributed by atoms with Gasteiger partial charge in [-0.1, -0.05) is 37.1 Å². The summed E-state index contributed by atoms with van der Waals surface area (Å²) in [5.41, 5.74) is -0.111. The SMILES string of the molecule is Cn1nc(-c2cccc(F)c2)nc1CC1=C(O)CC(CCc2ccc(C(C)(C)C#N)c(F)c2)(C2CCCC2)OC1=O. The fraction of sp³-hybridized carbons (Fsp3) is 0.438. The number of halogens is 2. The molecule has 0 saturated heterocycles. The lowest BCUT2D eigenvalue weighted by Gasteiger charge is -2.42. The summed E-state index contributed by atoms with van der Waals surface area (Å²) in [7, 11) is 1.68. The number of hydrogen-bond acceptors (Lipinski definition) is 6. The number of carbonyl (C=O) groups excluding carboxylic acids is 1. The van der Waals surface area contributed by atoms with E-state index in [4.69, 9.17) is 4.74 Å². The topological polar surface area (TPSA) is 101 Å². The molecule has 1 N–H and O–H groups in total. The number of esters is 1. The van der Waals surface area contributed by atoms with Crippen molar-refractivity contribution in [3.05, 3.63) is 82.4 Å². The monoisotopic (exact) mass is 560 g/mol. The molecule has 5 rings (SSSR count). The molecule has 0 bridgehead atoms. The van der Waals surface area contributed by atoms with E-state index in [1.165, 1.54) is 22.9 Å². The molecular weight excluding hydrogens is 526 g/mol. The molecule has 1 aliphatic carbocycles. The molecule has 7 nitrogen and oxygen atoms in total. The van der Waals surface area contributed by atoms with Gasteiger partial charge in [-0.05, 0) is 69.2 Å². The van der Waals surface area contributed by atoms with Gasteiger partial charge in [-0.3, -0.25) is 4.68 Å². The first kappa shape index (κ1) is 28.5. The van der Waals surface area contributed by atoms with Crippen LogP contribution in [-0.4, -0.2) is 31.4 Å². The summed E-state index contributed by atoms with van der Waals surface area (Å²) < 4.78 is 36.4. The molecule has 41 heavy (non-hydrogen) atoms. The lowest BCUT2D eigenvalue weighted by molar-refractivity contribution is -0.167. The number of nitriles is 1. The highest BCUT2D eigenvalue weighted by molar-refractivity contribution is 5.90. The van der Waals surface area contributed by atoms with E-state index in [0.29, 0.717) is 35.6 Å². The highest BCUT2D eigenvalue weighted by Crippen LogP contribution is 2.46. The van der Waals surface area contributed by atoms with Crippen LogP contribution in [0, 0.1) is 28.9 Å². The first-order chi connectivity index (χ1) is 19.5. The number of carbonyl (C=O) groups is 1. The van der Waals surface area contributed by atoms with Crippen LogP contribution < -0.4 is 0 Å². The number of rotatable bonds is 8. The molecule has 0 radical (unpaired) electrons. The van der Waals surface area contributed by atoms with E-state index in [-0.39, 0.29) is 30.1 Å². The van der Waals surface area contributed by atoms with E-state index in [9.17, 15) is 23.9 Å². The Morgan fingerprint density at radius 3 is 2.61 bits per heavy atom. The molecular formula is C32H34F2N4O3. The first-order valence-corrected chi connectivity index (χ1v) is 14.0. The number of ether oxygens (including phenoxy) is 1. The summed E-state index contributed by atoms with van der Waals surface area (Å²) >= 11 is 0. The Morgan fingerprint density at radius 1 is 1.20 bits per heavy atom. The van der Waals surface area contributed by atoms with Crippen LogP contribution in [-0.2, 0) is 34.8 Å². The Labute approximate surface area is 238 Å². The molecule has 1 aromatic heterocycles. The third kappa shape index (κ3) is 5.74. The van der Waals surface area contributed by atoms with Crippen molar-refractivity contribution in [2.24, 2.45) is 13.0 Å². The van der Waals surface area contributed by atoms with E-state index < -0.39 is 28.6 Å². The molecule has 214 valence electrons. The van der Waals surface area contributed by atoms with Crippen LogP contribution in [0.15, 0.2) is 53.8 Å². The largest absolute Gasteiger partial charge is 0.512 e. The van der Waals surface area contributed by atoms with Gasteiger partial charge in [0.2, 0.25) is 0 Å². The zero-order valence-electron chi connectivity index (χ0n) is 23.6. The fourth-order valence-corrected chi connectivity index (χ4v) is 6.10. The summed E-state index contributed by atoms with van der Waals surface area (Å²) in [6.07, 6.45) is 4.91. The van der Waals surface area contributed by atoms with Crippen molar-refractivity contribution >= 4 is 5.97 Å². The Balaban J connectivity index is 1.38. The zero-order chi connectivity index (χ0) is 29.4. The maximum Gasteiger partial charge on any atom is 0.338 e. The number of aryl methyl sites for hydroxylation is 2. The number of aliphatic hydroxyl groups excluding tert-OH is 1. The Bertz CT molecular complexity index is 1550. The van der Waals surface area contributed by atoms with Crippen LogP contribution in [0.4, 0.5) is 8.78 Å². The van der Waals surface area contributed by atoms with Crippen LogP contribution in [0.3, 0.4) is 0 Å². The number of aromatic nitrogens is 3. The molecule has 1 saturated carbocycles. The average molecular weight is 561 g/mol. The van der Waals surface area contributed by atoms with E-state index in [2.05, 4.69) is 16.2 Å². The number of benzene rings is 2. The van der Waals surface area contributed by atoms with E-state index >= 15 is 0 Å². The minimum atomic E-state index is -0.944. The van der Waals surface area contributed by atoms with Crippen molar-refractivity contribution in [3.63, 3.8) is 0 Å². The summed E-state index contributed by atoms with van der Waals surface area (Å²) in [6, 6.07) is 13.0. The second-order valence-electron chi connectivity index (χ2n) is 11.8. The molecule has 3 aromatic rings. The van der Waals surface area contributed by atoms with E-state index in [0.717, 1.165) is 31.2 Å². The molecule has 9 heteroatoms. The van der Waals surface area contributed by atoms with Crippen LogP contribution in [0.2, 0.25) is 0 Å². The van der Waals surface area contributed by atoms with Crippen molar-refractivity contribution < 1.29 is 23.4 Å². The van der Waals surface area contributed by atoms with Gasteiger partial charge in [-0.2, -0.15) is 10.4 Å². The molecule has 2 heterocycles. The summed E-state index contributed by atoms with van der Waals surface area (Å²) in [5.74, 6) is -0.605. The summed E-state index contributed by atoms with van der Waals surface area (Å²) in [6.45, 7) is 3.36. The average Bonchev–Trinajstić information content (AvgIpc) is 3.60. The van der Waals surface area contributed by atoms with E-state index in [1.54, 1.807) is 39.1 Å². The number of aliphatic hydroxyl groups is 1. The highest BCUT2D eigenvalue weighted by atomic mass is 19.1. The second kappa shape index (κ2) is 11.1. The quantitative estimate of drug-likeness (QED) is 0.319. The zero-order valence-corrected chi connectivity index (χ0v) is 23.6. The predicted octanol–water partition coefficient (Wildman–Crippen LogP) is 6.42. The molecule has 2 aromatic carbocycles. The lowest BCUT2D eigenvalue weighted by atomic mass is 9.76. The van der Waals surface area contributed by atoms with Crippen molar-refractivity contribution in [1.29, 1.82) is 5.26 Å². The third-order valence-electron chi connectivity index (χ3n) is 8.55. The number of hydrogen-bond donors (Lipinski definition) is 1. The van der Waals surface area contributed by atoms with Gasteiger partial charge < -0.3 is 9.84 Å². The summed E-state index contributed by atoms with van der Waals surface area (Å²) in [4.78, 5) is 17.9. The van der Waals surface area contributed by atoms with Gasteiger partial charge in [-0.25, -0.2) is 18.6 Å². The molecule has 1 atom stereocenters. The van der Waals surface area contributed by atoms with Gasteiger partial charge in [0.15, 0.2) is 5.82 Å². The second-order valence-corrected chi connectivity index (χ2v) is 11.8. The first-order valence-electron chi connectivity index (χ1n) is 14.0. The Kier molecular flexibility index (Phi) is 7.69. The molecule has 1 aliphatic heterocycles. The fourth-order valence-electron chi connectivity index (χ4n) is 6.10. The minimum Gasteiger partial charge on any atom is -0.512 e. The molecule has 0 amide bonds. The molecule has 1 unspecified atom stereocenters. The third-order valence-corrected chi connectivity index (χ3v) is 8.55. The van der Waals surface area contributed by atoms with Crippen LogP contribution in [0.5, 0.6) is 0 Å². The summed E-state index contributed by atoms with van der Waals surface area (Å²) in [5, 5.41) is 25.0. The standard InChI is InChI=1S/C32H34F2N4O3/c1-31(2,19-35)25-12-11-20(15-26(25)34)13-14-32(22-8-4-5-9-22)18-27(39)24(30(40)41-32)17-28-36-29(37-38(28)3)21-7-6-10-23(33)16-21/h6-7,10-12,15-16,22,39H,4-5,8-9,13-14,17-18H2,1-3H3. The van der Waals surface area contributed by atoms with Gasteiger partial charge in [-0.15, -0.1) is 0 Å². The Hall–Kier alpha value is -4.06. The van der Waals surface area contributed by atoms with Crippen LogP contribution in [0.25, 0.3) is 11.4 Å². The van der Waals surface area contributed by atoms with Gasteiger partial charge in [0, 0.05) is 31.0 Å². The van der Waals surface area contributed by atoms with Gasteiger partial charge >= 0.3 is 5.97 Å². The number of cyclic esters (lactones) is 1. The van der Waals surface area contributed by atoms with Crippen molar-refractivity contribution in [3.8, 4) is 17.5 Å². The predicted molar refractivity (Wildman–Crippen MR) is 149 cm³/mol. The molecule has 0 spiro atoms. The minimum absolute atomic E-state index is 0.0194.